The highest BCUT2D eigenvalue weighted by Gasteiger charge is 2.52. The average molecular weight is 441 g/mol. The number of rotatable bonds is 7. The van der Waals surface area contributed by atoms with Crippen molar-refractivity contribution in [3.63, 3.8) is 0 Å². The molecule has 2 aromatic carbocycles. The van der Waals surface area contributed by atoms with Crippen molar-refractivity contribution in [2.75, 3.05) is 14.2 Å². The number of benzene rings is 2. The summed E-state index contributed by atoms with van der Waals surface area (Å²) in [6, 6.07) is 13.4. The molecule has 0 aromatic heterocycles. The molecule has 31 heavy (non-hydrogen) atoms. The largest absolute Gasteiger partial charge is 0.497 e. The molecule has 3 rings (SSSR count). The number of methoxy groups -OCH3 is 2. The van der Waals surface area contributed by atoms with Gasteiger partial charge in [0.1, 0.15) is 27.2 Å². The van der Waals surface area contributed by atoms with Crippen LogP contribution in [0.25, 0.3) is 0 Å². The molecule has 2 aromatic rings. The Morgan fingerprint density at radius 1 is 1.06 bits per heavy atom. The van der Waals surface area contributed by atoms with E-state index in [4.69, 9.17) is 24.1 Å². The minimum Gasteiger partial charge on any atom is -0.497 e. The highest BCUT2D eigenvalue weighted by atomic mass is 32.2. The van der Waals surface area contributed by atoms with Crippen LogP contribution in [0.3, 0.4) is 0 Å². The topological polar surface area (TPSA) is 114 Å². The maximum atomic E-state index is 13.3. The maximum Gasteiger partial charge on any atom is 0.304 e. The van der Waals surface area contributed by atoms with Crippen molar-refractivity contribution >= 4 is 39.4 Å². The fraction of sp³-hybridized carbons (Fsp3) is 0.211. The van der Waals surface area contributed by atoms with Gasteiger partial charge in [-0.15, -0.1) is 0 Å². The summed E-state index contributed by atoms with van der Waals surface area (Å²) in [5.41, 5.74) is 5.07. The molecule has 2 N–H and O–H groups in total. The average Bonchev–Trinajstić information content (AvgIpc) is 2.97. The zero-order valence-corrected chi connectivity index (χ0v) is 18.8. The minimum atomic E-state index is -4.32. The first-order valence-corrected chi connectivity index (χ1v) is 10.8. The van der Waals surface area contributed by atoms with Gasteiger partial charge in [-0.25, -0.2) is 0 Å². The van der Waals surface area contributed by atoms with Crippen molar-refractivity contribution in [1.82, 2.24) is 0 Å². The van der Waals surface area contributed by atoms with Crippen LogP contribution in [0.4, 0.5) is 0 Å². The van der Waals surface area contributed by atoms with Gasteiger partial charge < -0.3 is 24.1 Å². The summed E-state index contributed by atoms with van der Waals surface area (Å²) in [6.45, 7) is 0. The molecule has 160 valence electrons. The number of nitrogens with two attached hydrogens (primary N) is 1. The molecule has 12 heteroatoms. The van der Waals surface area contributed by atoms with Gasteiger partial charge in [-0.05, 0) is 23.8 Å². The Kier molecular flexibility index (Phi) is 5.79. The molecule has 0 saturated carbocycles. The first-order valence-electron chi connectivity index (χ1n) is 9.43. The van der Waals surface area contributed by atoms with E-state index in [-0.39, 0.29) is 0 Å². The van der Waals surface area contributed by atoms with Crippen LogP contribution in [-0.2, 0) is 33.9 Å². The highest BCUT2D eigenvalue weighted by molar-refractivity contribution is 7.90. The van der Waals surface area contributed by atoms with Crippen molar-refractivity contribution in [3.05, 3.63) is 71.3 Å². The number of carbonyl (C=O) groups is 1. The second kappa shape index (κ2) is 7.92. The van der Waals surface area contributed by atoms with E-state index in [2.05, 4.69) is 0 Å². The third-order valence-corrected chi connectivity index (χ3v) is 7.26. The zero-order valence-electron chi connectivity index (χ0n) is 18.0. The Bertz CT molecular complexity index is 1150. The summed E-state index contributed by atoms with van der Waals surface area (Å²) in [5.74, 6) is -0.942. The molecular formula is C19H22B3NO7S. The number of hydrogen-bond acceptors (Lipinski definition) is 8. The van der Waals surface area contributed by atoms with Crippen molar-refractivity contribution in [3.8, 4) is 11.5 Å². The van der Waals surface area contributed by atoms with E-state index >= 15 is 0 Å². The summed E-state index contributed by atoms with van der Waals surface area (Å²) in [5, 5.41) is 0. The van der Waals surface area contributed by atoms with Crippen LogP contribution in [0.5, 0.6) is 11.5 Å². The van der Waals surface area contributed by atoms with Crippen molar-refractivity contribution in [2.45, 2.75) is 10.0 Å². The summed E-state index contributed by atoms with van der Waals surface area (Å²) in [7, 11) is 3.03. The van der Waals surface area contributed by atoms with Gasteiger partial charge in [-0.3, -0.25) is 4.79 Å². The Morgan fingerprint density at radius 2 is 1.71 bits per heavy atom. The van der Waals surface area contributed by atoms with Crippen LogP contribution in [0.15, 0.2) is 60.2 Å². The minimum absolute atomic E-state index is 0.320. The van der Waals surface area contributed by atoms with Gasteiger partial charge in [0, 0.05) is 5.56 Å². The molecule has 1 heterocycles. The van der Waals surface area contributed by atoms with E-state index in [1.54, 1.807) is 48.5 Å². The lowest BCUT2D eigenvalue weighted by atomic mass is 9.65. The van der Waals surface area contributed by atoms with E-state index < -0.39 is 37.6 Å². The number of ether oxygens (including phenoxy) is 3. The van der Waals surface area contributed by atoms with Gasteiger partial charge in [0.25, 0.3) is 0 Å². The molecule has 0 bridgehead atoms. The predicted octanol–water partition coefficient (Wildman–Crippen LogP) is -1.36. The number of hydrogen-bond donors (Lipinski definition) is 1. The Balaban J connectivity index is 1.99. The van der Waals surface area contributed by atoms with E-state index in [1.807, 2.05) is 0 Å². The lowest BCUT2D eigenvalue weighted by Gasteiger charge is -2.26. The molecule has 1 aliphatic heterocycles. The third kappa shape index (κ3) is 3.76. The van der Waals surface area contributed by atoms with E-state index in [0.29, 0.717) is 22.6 Å². The Labute approximate surface area is 184 Å². The molecule has 0 saturated heterocycles. The van der Waals surface area contributed by atoms with Gasteiger partial charge in [-0.2, -0.15) is 8.42 Å². The summed E-state index contributed by atoms with van der Waals surface area (Å²) >= 11 is 0. The van der Waals surface area contributed by atoms with E-state index in [9.17, 15) is 13.2 Å². The fourth-order valence-corrected chi connectivity index (χ4v) is 4.29. The first kappa shape index (κ1) is 22.7. The number of carbonyl (C=O) groups excluding carboxylic acids is 1. The van der Waals surface area contributed by atoms with Gasteiger partial charge in [0.15, 0.2) is 13.3 Å². The zero-order chi connectivity index (χ0) is 23.0. The smallest absolute Gasteiger partial charge is 0.304 e. The lowest BCUT2D eigenvalue weighted by molar-refractivity contribution is -0.126. The number of ketones is 1. The number of Topliss-reactive ketones (excluding diaryl/α,β-unsaturated/α-hetero) is 1. The molecule has 1 atom stereocenters. The van der Waals surface area contributed by atoms with Gasteiger partial charge in [0.05, 0.1) is 18.8 Å². The summed E-state index contributed by atoms with van der Waals surface area (Å²) < 4.78 is 46.3. The van der Waals surface area contributed by atoms with Crippen LogP contribution < -0.4 is 15.2 Å². The molecule has 0 fully saturated rings. The lowest BCUT2D eigenvalue weighted by Crippen LogP contribution is -2.40. The van der Waals surface area contributed by atoms with Crippen LogP contribution in [0.2, 0.25) is 0 Å². The monoisotopic (exact) mass is 441 g/mol. The van der Waals surface area contributed by atoms with Crippen molar-refractivity contribution in [1.29, 1.82) is 0 Å². The molecule has 0 spiro atoms. The molecule has 1 aliphatic rings. The fourth-order valence-electron chi connectivity index (χ4n) is 3.28. The summed E-state index contributed by atoms with van der Waals surface area (Å²) in [4.78, 5) is 13.3. The highest BCUT2D eigenvalue weighted by Crippen LogP contribution is 2.42. The van der Waals surface area contributed by atoms with Crippen LogP contribution in [0, 0.1) is 0 Å². The Hall–Kier alpha value is -3.01. The first-order chi connectivity index (χ1) is 14.5. The van der Waals surface area contributed by atoms with Gasteiger partial charge in [0.2, 0.25) is 17.4 Å². The Morgan fingerprint density at radius 3 is 2.29 bits per heavy atom. The molecule has 8 nitrogen and oxygen atoms in total. The van der Waals surface area contributed by atoms with Crippen LogP contribution in [0.1, 0.15) is 11.1 Å². The van der Waals surface area contributed by atoms with E-state index in [0.717, 1.165) is 0 Å². The quantitative estimate of drug-likeness (QED) is 0.415. The molecule has 0 aliphatic carbocycles. The second-order valence-electron chi connectivity index (χ2n) is 7.64. The van der Waals surface area contributed by atoms with Gasteiger partial charge >= 0.3 is 10.1 Å². The maximum absolute atomic E-state index is 13.3. The molecular weight excluding hydrogens is 419 g/mol. The summed E-state index contributed by atoms with van der Waals surface area (Å²) in [6.07, 6.45) is 0. The molecule has 0 radical (unpaired) electrons. The van der Waals surface area contributed by atoms with Crippen molar-refractivity contribution in [2.24, 2.45) is 5.73 Å². The standard InChI is InChI=1S/C19H22B3NO7S/c1-27-12-8-9-14(28-2)13(10-12)18(20)16(24)15(17(23)29-18)30-31(25,26)19(21,22)11-6-4-3-5-7-11/h3-10H,20-23H2,1-2H3. The normalized spacial score (nSPS) is 19.1. The molecule has 0 amide bonds. The third-order valence-electron chi connectivity index (χ3n) is 5.39. The SMILES string of the molecule is BC1(c2cc(OC)ccc2OC)OC(N)=C(OS(=O)(=O)C(B)(B)c2ccccc2)C1=O. The van der Waals surface area contributed by atoms with Gasteiger partial charge in [-0.1, -0.05) is 30.3 Å². The molecule has 1 unspecified atom stereocenters. The van der Waals surface area contributed by atoms with Crippen LogP contribution >= 0.6 is 0 Å². The van der Waals surface area contributed by atoms with E-state index in [1.165, 1.54) is 37.8 Å². The van der Waals surface area contributed by atoms with Crippen LogP contribution in [-0.4, -0.2) is 52.0 Å². The van der Waals surface area contributed by atoms with Crippen molar-refractivity contribution < 1.29 is 31.6 Å². The predicted molar refractivity (Wildman–Crippen MR) is 122 cm³/mol. The second-order valence-corrected chi connectivity index (χ2v) is 9.73.